The van der Waals surface area contributed by atoms with E-state index in [9.17, 15) is 0 Å². The first-order valence-electron chi connectivity index (χ1n) is 5.10. The minimum atomic E-state index is 0.521. The van der Waals surface area contributed by atoms with Gasteiger partial charge in [-0.15, -0.1) is 0 Å². The van der Waals surface area contributed by atoms with Crippen molar-refractivity contribution in [3.63, 3.8) is 0 Å². The van der Waals surface area contributed by atoms with Gasteiger partial charge in [0.25, 0.3) is 0 Å². The van der Waals surface area contributed by atoms with E-state index >= 15 is 0 Å². The molecule has 3 nitrogen and oxygen atoms in total. The van der Waals surface area contributed by atoms with Crippen LogP contribution in [-0.2, 0) is 0 Å². The highest BCUT2D eigenvalue weighted by Gasteiger charge is 2.29. The van der Waals surface area contributed by atoms with E-state index in [1.807, 2.05) is 6.20 Å². The standard InChI is InChI=1S/C10H14N2O/c1-2-7(1)9-6-12-10(13-9)8-3-4-11-5-8/h6-8,11H,1-5H2. The quantitative estimate of drug-likeness (QED) is 0.748. The molecular formula is C10H14N2O. The maximum atomic E-state index is 5.74. The SMILES string of the molecule is c1nc(C2CCNC2)oc1C1CC1. The predicted molar refractivity (Wildman–Crippen MR) is 48.7 cm³/mol. The first-order chi connectivity index (χ1) is 6.43. The summed E-state index contributed by atoms with van der Waals surface area (Å²) >= 11 is 0. The Balaban J connectivity index is 1.79. The summed E-state index contributed by atoms with van der Waals surface area (Å²) in [6.45, 7) is 2.14. The third kappa shape index (κ3) is 1.37. The smallest absolute Gasteiger partial charge is 0.198 e. The second-order valence-corrected chi connectivity index (χ2v) is 4.06. The number of rotatable bonds is 2. The van der Waals surface area contributed by atoms with Gasteiger partial charge in [-0.3, -0.25) is 0 Å². The minimum Gasteiger partial charge on any atom is -0.445 e. The Morgan fingerprint density at radius 1 is 1.31 bits per heavy atom. The zero-order valence-corrected chi connectivity index (χ0v) is 7.62. The van der Waals surface area contributed by atoms with E-state index in [1.165, 1.54) is 19.3 Å². The molecule has 1 N–H and O–H groups in total. The van der Waals surface area contributed by atoms with Crippen molar-refractivity contribution in [3.05, 3.63) is 17.8 Å². The predicted octanol–water partition coefficient (Wildman–Crippen LogP) is 1.63. The number of hydrogen-bond acceptors (Lipinski definition) is 3. The lowest BCUT2D eigenvalue weighted by atomic mass is 10.1. The summed E-state index contributed by atoms with van der Waals surface area (Å²) in [6.07, 6.45) is 5.67. The molecule has 13 heavy (non-hydrogen) atoms. The molecule has 1 saturated carbocycles. The van der Waals surface area contributed by atoms with Crippen LogP contribution in [-0.4, -0.2) is 18.1 Å². The van der Waals surface area contributed by atoms with Gasteiger partial charge in [-0.2, -0.15) is 0 Å². The molecule has 0 spiro atoms. The molecule has 1 atom stereocenters. The van der Waals surface area contributed by atoms with Crippen molar-refractivity contribution in [2.24, 2.45) is 0 Å². The molecular weight excluding hydrogens is 164 g/mol. The molecule has 2 fully saturated rings. The van der Waals surface area contributed by atoms with E-state index in [0.717, 1.165) is 24.7 Å². The Morgan fingerprint density at radius 2 is 2.23 bits per heavy atom. The fourth-order valence-corrected chi connectivity index (χ4v) is 1.91. The topological polar surface area (TPSA) is 38.1 Å². The molecule has 1 aliphatic heterocycles. The van der Waals surface area contributed by atoms with Gasteiger partial charge in [-0.1, -0.05) is 0 Å². The van der Waals surface area contributed by atoms with Gasteiger partial charge in [0.15, 0.2) is 5.89 Å². The third-order valence-electron chi connectivity index (χ3n) is 2.93. The molecule has 3 heteroatoms. The minimum absolute atomic E-state index is 0.521. The number of nitrogens with one attached hydrogen (secondary N) is 1. The van der Waals surface area contributed by atoms with Gasteiger partial charge >= 0.3 is 0 Å². The number of aromatic nitrogens is 1. The van der Waals surface area contributed by atoms with Crippen LogP contribution in [0.5, 0.6) is 0 Å². The molecule has 1 aliphatic carbocycles. The van der Waals surface area contributed by atoms with E-state index in [2.05, 4.69) is 10.3 Å². The second kappa shape index (κ2) is 2.84. The summed E-state index contributed by atoms with van der Waals surface area (Å²) in [5.74, 6) is 3.27. The third-order valence-corrected chi connectivity index (χ3v) is 2.93. The second-order valence-electron chi connectivity index (χ2n) is 4.06. The lowest BCUT2D eigenvalue weighted by Gasteiger charge is -2.00. The molecule has 1 aromatic rings. The van der Waals surface area contributed by atoms with Crippen molar-refractivity contribution >= 4 is 0 Å². The average molecular weight is 178 g/mol. The van der Waals surface area contributed by atoms with E-state index in [-0.39, 0.29) is 0 Å². The number of nitrogens with zero attached hydrogens (tertiary/aromatic N) is 1. The molecule has 0 aromatic carbocycles. The highest BCUT2D eigenvalue weighted by molar-refractivity contribution is 5.10. The Hall–Kier alpha value is -0.830. The highest BCUT2D eigenvalue weighted by Crippen LogP contribution is 2.41. The van der Waals surface area contributed by atoms with Crippen LogP contribution in [0.3, 0.4) is 0 Å². The molecule has 3 rings (SSSR count). The van der Waals surface area contributed by atoms with Gasteiger partial charge in [-0.05, 0) is 25.8 Å². The number of hydrogen-bond donors (Lipinski definition) is 1. The zero-order chi connectivity index (χ0) is 8.67. The van der Waals surface area contributed by atoms with Crippen molar-refractivity contribution in [3.8, 4) is 0 Å². The molecule has 0 amide bonds. The molecule has 1 unspecified atom stereocenters. The van der Waals surface area contributed by atoms with Crippen molar-refractivity contribution in [2.45, 2.75) is 31.1 Å². The monoisotopic (exact) mass is 178 g/mol. The van der Waals surface area contributed by atoms with Crippen LogP contribution < -0.4 is 5.32 Å². The van der Waals surface area contributed by atoms with Crippen LogP contribution in [0.15, 0.2) is 10.6 Å². The maximum absolute atomic E-state index is 5.74. The first kappa shape index (κ1) is 7.56. The Morgan fingerprint density at radius 3 is 2.92 bits per heavy atom. The first-order valence-corrected chi connectivity index (χ1v) is 5.10. The molecule has 2 aliphatic rings. The van der Waals surface area contributed by atoms with Gasteiger partial charge in [0.05, 0.1) is 6.20 Å². The fourth-order valence-electron chi connectivity index (χ4n) is 1.91. The zero-order valence-electron chi connectivity index (χ0n) is 7.62. The molecule has 70 valence electrons. The van der Waals surface area contributed by atoms with Gasteiger partial charge < -0.3 is 9.73 Å². The van der Waals surface area contributed by atoms with Crippen LogP contribution in [0.2, 0.25) is 0 Å². The summed E-state index contributed by atoms with van der Waals surface area (Å²) in [4.78, 5) is 4.35. The van der Waals surface area contributed by atoms with Crippen molar-refractivity contribution in [1.29, 1.82) is 0 Å². The summed E-state index contributed by atoms with van der Waals surface area (Å²) in [7, 11) is 0. The Labute approximate surface area is 77.5 Å². The summed E-state index contributed by atoms with van der Waals surface area (Å²) < 4.78 is 5.74. The maximum Gasteiger partial charge on any atom is 0.198 e. The van der Waals surface area contributed by atoms with Crippen molar-refractivity contribution in [1.82, 2.24) is 10.3 Å². The Kier molecular flexibility index (Phi) is 1.65. The largest absolute Gasteiger partial charge is 0.445 e. The van der Waals surface area contributed by atoms with Crippen LogP contribution >= 0.6 is 0 Å². The van der Waals surface area contributed by atoms with E-state index < -0.39 is 0 Å². The lowest BCUT2D eigenvalue weighted by Crippen LogP contribution is -2.07. The van der Waals surface area contributed by atoms with Crippen molar-refractivity contribution in [2.75, 3.05) is 13.1 Å². The normalized spacial score (nSPS) is 28.2. The number of oxazole rings is 1. The highest BCUT2D eigenvalue weighted by atomic mass is 16.4. The van der Waals surface area contributed by atoms with Gasteiger partial charge in [0.2, 0.25) is 0 Å². The van der Waals surface area contributed by atoms with Gasteiger partial charge in [0, 0.05) is 18.4 Å². The van der Waals surface area contributed by atoms with E-state index in [4.69, 9.17) is 4.42 Å². The van der Waals surface area contributed by atoms with Gasteiger partial charge in [-0.25, -0.2) is 4.98 Å². The van der Waals surface area contributed by atoms with Crippen LogP contribution in [0.1, 0.15) is 42.7 Å². The van der Waals surface area contributed by atoms with E-state index in [0.29, 0.717) is 11.8 Å². The summed E-state index contributed by atoms with van der Waals surface area (Å²) in [5, 5.41) is 3.32. The van der Waals surface area contributed by atoms with Crippen LogP contribution in [0.25, 0.3) is 0 Å². The molecule has 0 radical (unpaired) electrons. The summed E-state index contributed by atoms with van der Waals surface area (Å²) in [5.41, 5.74) is 0. The molecule has 1 saturated heterocycles. The van der Waals surface area contributed by atoms with Crippen molar-refractivity contribution < 1.29 is 4.42 Å². The lowest BCUT2D eigenvalue weighted by molar-refractivity contribution is 0.427. The molecule has 1 aromatic heterocycles. The molecule has 2 heterocycles. The Bertz CT molecular complexity index is 298. The van der Waals surface area contributed by atoms with Gasteiger partial charge in [0.1, 0.15) is 5.76 Å². The van der Waals surface area contributed by atoms with E-state index in [1.54, 1.807) is 0 Å². The van der Waals surface area contributed by atoms with Crippen LogP contribution in [0.4, 0.5) is 0 Å². The van der Waals surface area contributed by atoms with Crippen LogP contribution in [0, 0.1) is 0 Å². The summed E-state index contributed by atoms with van der Waals surface area (Å²) in [6, 6.07) is 0. The molecule has 0 bridgehead atoms. The fraction of sp³-hybridized carbons (Fsp3) is 0.700. The average Bonchev–Trinajstić information content (AvgIpc) is 2.72.